The van der Waals surface area contributed by atoms with Crippen molar-refractivity contribution in [1.29, 1.82) is 0 Å². The van der Waals surface area contributed by atoms with Crippen LogP contribution < -0.4 is 5.32 Å². The van der Waals surface area contributed by atoms with Crippen molar-refractivity contribution in [3.8, 4) is 0 Å². The van der Waals surface area contributed by atoms with E-state index in [9.17, 15) is 4.79 Å². The number of hydrogen-bond acceptors (Lipinski definition) is 2. The Morgan fingerprint density at radius 3 is 2.26 bits per heavy atom. The molecular formula is C19H31ClN2O. The number of carbonyl (C=O) groups is 1. The van der Waals surface area contributed by atoms with Crippen LogP contribution in [0.4, 0.5) is 0 Å². The number of rotatable bonds is 6. The summed E-state index contributed by atoms with van der Waals surface area (Å²) in [6.07, 6.45) is 3.89. The van der Waals surface area contributed by atoms with Gasteiger partial charge in [0.05, 0.1) is 6.42 Å². The van der Waals surface area contributed by atoms with Crippen molar-refractivity contribution in [3.05, 3.63) is 35.4 Å². The highest BCUT2D eigenvalue weighted by molar-refractivity contribution is 5.85. The Bertz CT molecular complexity index is 465. The van der Waals surface area contributed by atoms with Gasteiger partial charge in [0, 0.05) is 13.1 Å². The molecule has 3 nitrogen and oxygen atoms in total. The second kappa shape index (κ2) is 9.94. The quantitative estimate of drug-likeness (QED) is 0.863. The molecule has 0 aromatic heterocycles. The number of carbonyl (C=O) groups excluding carboxylic acids is 1. The first-order valence-corrected chi connectivity index (χ1v) is 8.58. The fourth-order valence-electron chi connectivity index (χ4n) is 3.23. The first-order valence-electron chi connectivity index (χ1n) is 8.58. The Balaban J connectivity index is 0.00000264. The van der Waals surface area contributed by atoms with Gasteiger partial charge in [-0.05, 0) is 55.8 Å². The molecule has 23 heavy (non-hydrogen) atoms. The largest absolute Gasteiger partial charge is 0.342 e. The maximum atomic E-state index is 12.4. The van der Waals surface area contributed by atoms with E-state index >= 15 is 0 Å². The molecule has 1 amide bonds. The van der Waals surface area contributed by atoms with Crippen LogP contribution in [-0.2, 0) is 17.6 Å². The molecule has 0 atom stereocenters. The van der Waals surface area contributed by atoms with E-state index in [-0.39, 0.29) is 18.3 Å². The van der Waals surface area contributed by atoms with E-state index in [1.54, 1.807) is 0 Å². The summed E-state index contributed by atoms with van der Waals surface area (Å²) in [5, 5.41) is 3.24. The molecule has 130 valence electrons. The summed E-state index contributed by atoms with van der Waals surface area (Å²) in [6, 6.07) is 8.57. The number of nitrogens with zero attached hydrogens (tertiary/aromatic N) is 1. The van der Waals surface area contributed by atoms with Crippen molar-refractivity contribution in [2.45, 2.75) is 39.5 Å². The molecule has 0 unspecified atom stereocenters. The summed E-state index contributed by atoms with van der Waals surface area (Å²) >= 11 is 0. The van der Waals surface area contributed by atoms with Crippen LogP contribution in [0.15, 0.2) is 24.3 Å². The third-order valence-electron chi connectivity index (χ3n) is 4.48. The number of amides is 1. The van der Waals surface area contributed by atoms with Crippen LogP contribution in [0.2, 0.25) is 0 Å². The number of nitrogens with one attached hydrogen (secondary N) is 1. The molecular weight excluding hydrogens is 308 g/mol. The first kappa shape index (κ1) is 20.0. The number of hydrogen-bond donors (Lipinski definition) is 1. The van der Waals surface area contributed by atoms with Crippen molar-refractivity contribution < 1.29 is 4.79 Å². The second-order valence-electron chi connectivity index (χ2n) is 6.97. The minimum absolute atomic E-state index is 0. The molecule has 1 saturated heterocycles. The van der Waals surface area contributed by atoms with Crippen LogP contribution >= 0.6 is 12.4 Å². The van der Waals surface area contributed by atoms with Gasteiger partial charge >= 0.3 is 0 Å². The minimum Gasteiger partial charge on any atom is -0.342 e. The zero-order valence-corrected chi connectivity index (χ0v) is 15.5. The Morgan fingerprint density at radius 2 is 1.74 bits per heavy atom. The normalized spacial score (nSPS) is 15.6. The van der Waals surface area contributed by atoms with Crippen LogP contribution in [-0.4, -0.2) is 37.5 Å². The van der Waals surface area contributed by atoms with Crippen molar-refractivity contribution >= 4 is 18.3 Å². The van der Waals surface area contributed by atoms with Crippen molar-refractivity contribution in [2.75, 3.05) is 26.7 Å². The van der Waals surface area contributed by atoms with Crippen molar-refractivity contribution in [1.82, 2.24) is 10.2 Å². The maximum absolute atomic E-state index is 12.4. The molecule has 1 N–H and O–H groups in total. The van der Waals surface area contributed by atoms with Crippen LogP contribution in [0, 0.1) is 11.8 Å². The van der Waals surface area contributed by atoms with Gasteiger partial charge in [-0.2, -0.15) is 0 Å². The van der Waals surface area contributed by atoms with E-state index in [0.29, 0.717) is 12.3 Å². The standard InChI is InChI=1S/C19H30N2O.ClH/c1-15(2)12-16-4-6-17(7-5-16)13-19(22)21-10-8-18(9-11-21)14-20-3;/h4-7,15,18,20H,8-14H2,1-3H3;1H. The number of halogens is 1. The molecule has 1 aromatic rings. The fraction of sp³-hybridized carbons (Fsp3) is 0.632. The van der Waals surface area contributed by atoms with Gasteiger partial charge in [0.25, 0.3) is 0 Å². The van der Waals surface area contributed by atoms with Crippen molar-refractivity contribution in [2.24, 2.45) is 11.8 Å². The summed E-state index contributed by atoms with van der Waals surface area (Å²) in [6.45, 7) is 7.36. The molecule has 0 radical (unpaired) electrons. The summed E-state index contributed by atoms with van der Waals surface area (Å²) in [5.74, 6) is 1.68. The van der Waals surface area contributed by atoms with E-state index in [2.05, 4.69) is 43.4 Å². The highest BCUT2D eigenvalue weighted by atomic mass is 35.5. The van der Waals surface area contributed by atoms with Gasteiger partial charge in [-0.3, -0.25) is 4.79 Å². The van der Waals surface area contributed by atoms with E-state index in [4.69, 9.17) is 0 Å². The molecule has 0 bridgehead atoms. The first-order chi connectivity index (χ1) is 10.6. The van der Waals surface area contributed by atoms with Gasteiger partial charge in [0.1, 0.15) is 0 Å². The molecule has 4 heteroatoms. The van der Waals surface area contributed by atoms with Crippen LogP contribution in [0.3, 0.4) is 0 Å². The molecule has 0 saturated carbocycles. The molecule has 0 spiro atoms. The molecule has 1 fully saturated rings. The van der Waals surface area contributed by atoms with E-state index in [0.717, 1.165) is 50.4 Å². The number of piperidine rings is 1. The smallest absolute Gasteiger partial charge is 0.226 e. The van der Waals surface area contributed by atoms with E-state index in [1.165, 1.54) is 5.56 Å². The Morgan fingerprint density at radius 1 is 1.17 bits per heavy atom. The lowest BCUT2D eigenvalue weighted by atomic mass is 9.96. The zero-order chi connectivity index (χ0) is 15.9. The van der Waals surface area contributed by atoms with Crippen molar-refractivity contribution in [3.63, 3.8) is 0 Å². The molecule has 1 aliphatic rings. The van der Waals surface area contributed by atoms with Gasteiger partial charge in [0.2, 0.25) is 5.91 Å². The lowest BCUT2D eigenvalue weighted by Crippen LogP contribution is -2.41. The Hall–Kier alpha value is -1.06. The molecule has 1 aliphatic heterocycles. The molecule has 0 aliphatic carbocycles. The maximum Gasteiger partial charge on any atom is 0.226 e. The predicted molar refractivity (Wildman–Crippen MR) is 99.2 cm³/mol. The Kier molecular flexibility index (Phi) is 8.64. The Labute approximate surface area is 147 Å². The highest BCUT2D eigenvalue weighted by Crippen LogP contribution is 2.18. The van der Waals surface area contributed by atoms with Crippen LogP contribution in [0.5, 0.6) is 0 Å². The summed E-state index contributed by atoms with van der Waals surface area (Å²) in [7, 11) is 2.00. The summed E-state index contributed by atoms with van der Waals surface area (Å²) < 4.78 is 0. The predicted octanol–water partition coefficient (Wildman–Crippen LogP) is 3.31. The topological polar surface area (TPSA) is 32.3 Å². The van der Waals surface area contributed by atoms with Gasteiger partial charge < -0.3 is 10.2 Å². The molecule has 1 heterocycles. The lowest BCUT2D eigenvalue weighted by Gasteiger charge is -2.32. The average Bonchev–Trinajstić information content (AvgIpc) is 2.50. The van der Waals surface area contributed by atoms with Gasteiger partial charge in [0.15, 0.2) is 0 Å². The van der Waals surface area contributed by atoms with Gasteiger partial charge in [-0.15, -0.1) is 12.4 Å². The lowest BCUT2D eigenvalue weighted by molar-refractivity contribution is -0.131. The SMILES string of the molecule is CNCC1CCN(C(=O)Cc2ccc(CC(C)C)cc2)CC1.Cl. The minimum atomic E-state index is 0. The second-order valence-corrected chi connectivity index (χ2v) is 6.97. The van der Waals surface area contributed by atoms with E-state index in [1.807, 2.05) is 11.9 Å². The number of likely N-dealkylation sites (tertiary alicyclic amines) is 1. The van der Waals surface area contributed by atoms with Crippen LogP contribution in [0.1, 0.15) is 37.8 Å². The zero-order valence-electron chi connectivity index (χ0n) is 14.7. The monoisotopic (exact) mass is 338 g/mol. The fourth-order valence-corrected chi connectivity index (χ4v) is 3.23. The summed E-state index contributed by atoms with van der Waals surface area (Å²) in [5.41, 5.74) is 2.49. The third-order valence-corrected chi connectivity index (χ3v) is 4.48. The van der Waals surface area contributed by atoms with Gasteiger partial charge in [-0.25, -0.2) is 0 Å². The van der Waals surface area contributed by atoms with Crippen LogP contribution in [0.25, 0.3) is 0 Å². The van der Waals surface area contributed by atoms with E-state index < -0.39 is 0 Å². The highest BCUT2D eigenvalue weighted by Gasteiger charge is 2.22. The average molecular weight is 339 g/mol. The molecule has 1 aromatic carbocycles. The third kappa shape index (κ3) is 6.52. The van der Waals surface area contributed by atoms with Gasteiger partial charge in [-0.1, -0.05) is 38.1 Å². The number of benzene rings is 1. The summed E-state index contributed by atoms with van der Waals surface area (Å²) in [4.78, 5) is 14.4. The molecule has 2 rings (SSSR count).